The van der Waals surface area contributed by atoms with Crippen molar-refractivity contribution in [3.8, 4) is 0 Å². The van der Waals surface area contributed by atoms with E-state index in [1.54, 1.807) is 0 Å². The predicted molar refractivity (Wildman–Crippen MR) is 101 cm³/mol. The van der Waals surface area contributed by atoms with Gasteiger partial charge in [0, 0.05) is 31.6 Å². The van der Waals surface area contributed by atoms with Gasteiger partial charge in [-0.05, 0) is 44.7 Å². The second-order valence-corrected chi connectivity index (χ2v) is 8.21. The van der Waals surface area contributed by atoms with E-state index >= 15 is 0 Å². The number of nitrogens with zero attached hydrogens (tertiary/aromatic N) is 1. The lowest BCUT2D eigenvalue weighted by atomic mass is 9.98. The Morgan fingerprint density at radius 3 is 2.04 bits per heavy atom. The highest BCUT2D eigenvalue weighted by Crippen LogP contribution is 2.49. The van der Waals surface area contributed by atoms with Crippen LogP contribution in [0.2, 0.25) is 0 Å². The van der Waals surface area contributed by atoms with Crippen molar-refractivity contribution >= 4 is 17.5 Å². The highest BCUT2D eigenvalue weighted by atomic mass is 16.7. The summed E-state index contributed by atoms with van der Waals surface area (Å²) in [6.45, 7) is 8.42. The van der Waals surface area contributed by atoms with Crippen molar-refractivity contribution in [3.63, 3.8) is 0 Å². The van der Waals surface area contributed by atoms with E-state index in [1.807, 2.05) is 25.7 Å². The SMILES string of the molecule is Cc1cc(C)c(NC(=O)C2(C(=O)N3CCC4(CC3)OCCO4)CC2)c(C)c1. The van der Waals surface area contributed by atoms with Gasteiger partial charge < -0.3 is 19.7 Å². The van der Waals surface area contributed by atoms with Crippen LogP contribution < -0.4 is 5.32 Å². The molecule has 1 aliphatic carbocycles. The van der Waals surface area contributed by atoms with Gasteiger partial charge in [0.15, 0.2) is 5.79 Å². The van der Waals surface area contributed by atoms with Crippen LogP contribution in [0.3, 0.4) is 0 Å². The van der Waals surface area contributed by atoms with Gasteiger partial charge in [0.2, 0.25) is 11.8 Å². The minimum absolute atomic E-state index is 0.0461. The van der Waals surface area contributed by atoms with Crippen LogP contribution >= 0.6 is 0 Å². The van der Waals surface area contributed by atoms with Crippen LogP contribution in [0.4, 0.5) is 5.69 Å². The lowest BCUT2D eigenvalue weighted by Crippen LogP contribution is -2.51. The summed E-state index contributed by atoms with van der Waals surface area (Å²) < 4.78 is 11.5. The first-order valence-electron chi connectivity index (χ1n) is 9.82. The molecular weight excluding hydrogens is 344 g/mol. The molecule has 3 aliphatic rings. The summed E-state index contributed by atoms with van der Waals surface area (Å²) in [5.41, 5.74) is 3.15. The number of aryl methyl sites for hydroxylation is 3. The zero-order chi connectivity index (χ0) is 19.2. The number of benzene rings is 1. The van der Waals surface area contributed by atoms with Gasteiger partial charge in [-0.1, -0.05) is 17.7 Å². The third-order valence-electron chi connectivity index (χ3n) is 6.14. The Balaban J connectivity index is 1.44. The largest absolute Gasteiger partial charge is 0.347 e. The molecule has 3 fully saturated rings. The third-order valence-corrected chi connectivity index (χ3v) is 6.14. The van der Waals surface area contributed by atoms with E-state index in [9.17, 15) is 9.59 Å². The maximum atomic E-state index is 13.1. The summed E-state index contributed by atoms with van der Waals surface area (Å²) in [5, 5.41) is 3.04. The Morgan fingerprint density at radius 1 is 0.963 bits per heavy atom. The van der Waals surface area contributed by atoms with Gasteiger partial charge in [0.25, 0.3) is 0 Å². The van der Waals surface area contributed by atoms with Crippen molar-refractivity contribution in [2.75, 3.05) is 31.6 Å². The Morgan fingerprint density at radius 2 is 1.52 bits per heavy atom. The van der Waals surface area contributed by atoms with E-state index in [0.717, 1.165) is 16.8 Å². The first kappa shape index (κ1) is 18.4. The molecule has 6 nitrogen and oxygen atoms in total. The molecule has 0 unspecified atom stereocenters. The fourth-order valence-corrected chi connectivity index (χ4v) is 4.41. The third kappa shape index (κ3) is 3.25. The fourth-order valence-electron chi connectivity index (χ4n) is 4.41. The van der Waals surface area contributed by atoms with E-state index in [4.69, 9.17) is 9.47 Å². The van der Waals surface area contributed by atoms with Crippen LogP contribution in [-0.2, 0) is 19.1 Å². The lowest BCUT2D eigenvalue weighted by molar-refractivity contribution is -0.188. The lowest BCUT2D eigenvalue weighted by Gasteiger charge is -2.38. The van der Waals surface area contributed by atoms with Crippen LogP contribution in [-0.4, -0.2) is 48.8 Å². The molecule has 1 aromatic carbocycles. The molecule has 6 heteroatoms. The number of ether oxygens (including phenoxy) is 2. The zero-order valence-corrected chi connectivity index (χ0v) is 16.4. The molecule has 0 aromatic heterocycles. The molecule has 0 radical (unpaired) electrons. The second kappa shape index (κ2) is 6.60. The van der Waals surface area contributed by atoms with Gasteiger partial charge >= 0.3 is 0 Å². The van der Waals surface area contributed by atoms with E-state index in [2.05, 4.69) is 17.4 Å². The number of rotatable bonds is 3. The Labute approximate surface area is 160 Å². The quantitative estimate of drug-likeness (QED) is 0.829. The summed E-state index contributed by atoms with van der Waals surface area (Å²) in [6, 6.07) is 4.10. The molecule has 2 saturated heterocycles. The average Bonchev–Trinajstić information content (AvgIpc) is 3.33. The number of piperidine rings is 1. The number of hydrogen-bond acceptors (Lipinski definition) is 4. The monoisotopic (exact) mass is 372 g/mol. The highest BCUT2D eigenvalue weighted by Gasteiger charge is 2.59. The predicted octanol–water partition coefficient (Wildman–Crippen LogP) is 2.70. The first-order valence-corrected chi connectivity index (χ1v) is 9.82. The van der Waals surface area contributed by atoms with Crippen LogP contribution in [0.15, 0.2) is 12.1 Å². The summed E-state index contributed by atoms with van der Waals surface area (Å²) in [6.07, 6.45) is 2.59. The Hall–Kier alpha value is -1.92. The summed E-state index contributed by atoms with van der Waals surface area (Å²) in [7, 11) is 0. The van der Waals surface area contributed by atoms with E-state index < -0.39 is 11.2 Å². The molecule has 2 amide bonds. The number of carbonyl (C=O) groups is 2. The minimum atomic E-state index is -0.897. The molecule has 1 N–H and O–H groups in total. The molecule has 1 aromatic rings. The van der Waals surface area contributed by atoms with Gasteiger partial charge in [0.05, 0.1) is 13.2 Å². The van der Waals surface area contributed by atoms with E-state index in [0.29, 0.717) is 52.0 Å². The van der Waals surface area contributed by atoms with Crippen LogP contribution in [0.1, 0.15) is 42.4 Å². The van der Waals surface area contributed by atoms with Crippen molar-refractivity contribution in [1.82, 2.24) is 4.90 Å². The molecule has 146 valence electrons. The minimum Gasteiger partial charge on any atom is -0.347 e. The molecule has 0 bridgehead atoms. The Kier molecular flexibility index (Phi) is 4.51. The van der Waals surface area contributed by atoms with Gasteiger partial charge in [0.1, 0.15) is 5.41 Å². The Bertz CT molecular complexity index is 745. The molecular formula is C21H28N2O4. The number of carbonyl (C=O) groups excluding carboxylic acids is 2. The number of likely N-dealkylation sites (tertiary alicyclic amines) is 1. The van der Waals surface area contributed by atoms with E-state index in [-0.39, 0.29) is 11.8 Å². The van der Waals surface area contributed by atoms with Crippen LogP contribution in [0.5, 0.6) is 0 Å². The maximum absolute atomic E-state index is 13.1. The molecule has 1 saturated carbocycles. The zero-order valence-electron chi connectivity index (χ0n) is 16.4. The van der Waals surface area contributed by atoms with Crippen molar-refractivity contribution in [2.45, 2.75) is 52.2 Å². The van der Waals surface area contributed by atoms with Crippen molar-refractivity contribution in [3.05, 3.63) is 28.8 Å². The normalized spacial score (nSPS) is 22.7. The van der Waals surface area contributed by atoms with Crippen LogP contribution in [0, 0.1) is 26.2 Å². The van der Waals surface area contributed by atoms with Gasteiger partial charge in [-0.3, -0.25) is 9.59 Å². The van der Waals surface area contributed by atoms with Gasteiger partial charge in [-0.15, -0.1) is 0 Å². The van der Waals surface area contributed by atoms with Gasteiger partial charge in [-0.25, -0.2) is 0 Å². The van der Waals surface area contributed by atoms with Crippen molar-refractivity contribution in [1.29, 1.82) is 0 Å². The standard InChI is InChI=1S/C21H28N2O4/c1-14-12-15(2)17(16(3)13-14)22-18(24)20(4-5-20)19(25)23-8-6-21(7-9-23)26-10-11-27-21/h12-13H,4-11H2,1-3H3,(H,22,24). The smallest absolute Gasteiger partial charge is 0.240 e. The summed E-state index contributed by atoms with van der Waals surface area (Å²) in [4.78, 5) is 28.0. The van der Waals surface area contributed by atoms with Crippen molar-refractivity contribution in [2.24, 2.45) is 5.41 Å². The highest BCUT2D eigenvalue weighted by molar-refractivity contribution is 6.13. The molecule has 1 spiro atoms. The molecule has 2 aliphatic heterocycles. The molecule has 27 heavy (non-hydrogen) atoms. The maximum Gasteiger partial charge on any atom is 0.240 e. The topological polar surface area (TPSA) is 67.9 Å². The summed E-state index contributed by atoms with van der Waals surface area (Å²) in [5.74, 6) is -0.724. The fraction of sp³-hybridized carbons (Fsp3) is 0.619. The average molecular weight is 372 g/mol. The number of hydrogen-bond donors (Lipinski definition) is 1. The molecule has 4 rings (SSSR count). The van der Waals surface area contributed by atoms with Gasteiger partial charge in [-0.2, -0.15) is 0 Å². The second-order valence-electron chi connectivity index (χ2n) is 8.21. The van der Waals surface area contributed by atoms with Crippen LogP contribution in [0.25, 0.3) is 0 Å². The number of nitrogens with one attached hydrogen (secondary N) is 1. The van der Waals surface area contributed by atoms with E-state index in [1.165, 1.54) is 5.56 Å². The number of amides is 2. The first-order chi connectivity index (χ1) is 12.9. The number of anilines is 1. The molecule has 2 heterocycles. The summed E-state index contributed by atoms with van der Waals surface area (Å²) >= 11 is 0. The molecule has 0 atom stereocenters. The van der Waals surface area contributed by atoms with Crippen molar-refractivity contribution < 1.29 is 19.1 Å².